The highest BCUT2D eigenvalue weighted by Crippen LogP contribution is 2.18. The maximum atomic E-state index is 10.2. The molecule has 0 aliphatic carbocycles. The van der Waals surface area contributed by atoms with E-state index in [2.05, 4.69) is 0 Å². The fourth-order valence-electron chi connectivity index (χ4n) is 0.113. The molecule has 3 heteroatoms. The fourth-order valence-corrected chi connectivity index (χ4v) is 0.553. The van der Waals surface area contributed by atoms with Gasteiger partial charge in [-0.15, -0.1) is 23.2 Å². The molecular formula is C5H9Cl2O. The first-order valence-corrected chi connectivity index (χ1v) is 3.45. The van der Waals surface area contributed by atoms with Crippen molar-refractivity contribution in [3.05, 3.63) is 0 Å². The molecule has 0 bridgehead atoms. The Bertz CT molecular complexity index is 53.2. The standard InChI is InChI=1S/C5H9Cl2O/c1-5(2-6,3-7)4-8/h2-4H2,1H3. The molecule has 0 saturated heterocycles. The third kappa shape index (κ3) is 2.21. The maximum Gasteiger partial charge on any atom is 0.0898 e. The summed E-state index contributed by atoms with van der Waals surface area (Å²) >= 11 is 10.8. The number of hydrogen-bond donors (Lipinski definition) is 0. The summed E-state index contributed by atoms with van der Waals surface area (Å²) in [5.41, 5.74) is -0.400. The predicted molar refractivity (Wildman–Crippen MR) is 35.1 cm³/mol. The van der Waals surface area contributed by atoms with Gasteiger partial charge in [0.05, 0.1) is 6.61 Å². The molecule has 0 N–H and O–H groups in total. The Labute approximate surface area is 59.6 Å². The minimum Gasteiger partial charge on any atom is -0.236 e. The van der Waals surface area contributed by atoms with Gasteiger partial charge in [0, 0.05) is 17.2 Å². The second-order valence-corrected chi connectivity index (χ2v) is 2.76. The van der Waals surface area contributed by atoms with E-state index in [4.69, 9.17) is 23.2 Å². The van der Waals surface area contributed by atoms with E-state index in [1.54, 1.807) is 6.92 Å². The lowest BCUT2D eigenvalue weighted by Crippen LogP contribution is -2.24. The summed E-state index contributed by atoms with van der Waals surface area (Å²) in [6.45, 7) is 1.58. The van der Waals surface area contributed by atoms with Crippen LogP contribution >= 0.6 is 23.2 Å². The average molecular weight is 156 g/mol. The fraction of sp³-hybridized carbons (Fsp3) is 1.00. The molecule has 0 rings (SSSR count). The molecule has 0 atom stereocenters. The zero-order valence-electron chi connectivity index (χ0n) is 4.79. The van der Waals surface area contributed by atoms with E-state index >= 15 is 0 Å². The first-order chi connectivity index (χ1) is 3.68. The summed E-state index contributed by atoms with van der Waals surface area (Å²) in [6, 6.07) is 0. The molecule has 0 spiro atoms. The Kier molecular flexibility index (Phi) is 3.78. The van der Waals surface area contributed by atoms with Crippen molar-refractivity contribution in [1.29, 1.82) is 0 Å². The quantitative estimate of drug-likeness (QED) is 0.556. The van der Waals surface area contributed by atoms with Gasteiger partial charge in [-0.1, -0.05) is 6.92 Å². The summed E-state index contributed by atoms with van der Waals surface area (Å²) in [5, 5.41) is 10.2. The van der Waals surface area contributed by atoms with Crippen molar-refractivity contribution in [3.63, 3.8) is 0 Å². The predicted octanol–water partition coefficient (Wildman–Crippen LogP) is 1.90. The number of alkyl halides is 2. The van der Waals surface area contributed by atoms with Crippen LogP contribution in [0.3, 0.4) is 0 Å². The summed E-state index contributed by atoms with van der Waals surface area (Å²) in [7, 11) is 0. The highest BCUT2D eigenvalue weighted by atomic mass is 35.5. The molecule has 1 radical (unpaired) electrons. The van der Waals surface area contributed by atoms with Crippen LogP contribution in [-0.2, 0) is 5.11 Å². The van der Waals surface area contributed by atoms with E-state index in [1.165, 1.54) is 0 Å². The molecule has 0 unspecified atom stereocenters. The van der Waals surface area contributed by atoms with Crippen LogP contribution in [0.4, 0.5) is 0 Å². The Hall–Kier alpha value is 0.540. The highest BCUT2D eigenvalue weighted by molar-refractivity contribution is 6.21. The molecule has 0 aromatic carbocycles. The molecule has 0 aromatic rings. The van der Waals surface area contributed by atoms with E-state index < -0.39 is 5.41 Å². The van der Waals surface area contributed by atoms with E-state index in [-0.39, 0.29) is 6.61 Å². The Morgan fingerprint density at radius 1 is 1.38 bits per heavy atom. The van der Waals surface area contributed by atoms with E-state index in [9.17, 15) is 5.11 Å². The van der Waals surface area contributed by atoms with Gasteiger partial charge in [-0.05, 0) is 0 Å². The SMILES string of the molecule is CC(C[O])(CCl)CCl. The van der Waals surface area contributed by atoms with E-state index in [0.717, 1.165) is 0 Å². The van der Waals surface area contributed by atoms with Crippen LogP contribution in [0.15, 0.2) is 0 Å². The van der Waals surface area contributed by atoms with E-state index in [1.807, 2.05) is 0 Å². The summed E-state index contributed by atoms with van der Waals surface area (Å²) in [5.74, 6) is 0.694. The van der Waals surface area contributed by atoms with Gasteiger partial charge in [0.1, 0.15) is 0 Å². The Morgan fingerprint density at radius 3 is 1.75 bits per heavy atom. The Morgan fingerprint density at radius 2 is 1.75 bits per heavy atom. The normalized spacial score (nSPS) is 12.0. The summed E-state index contributed by atoms with van der Waals surface area (Å²) in [4.78, 5) is 0. The van der Waals surface area contributed by atoms with Crippen molar-refractivity contribution >= 4 is 23.2 Å². The molecule has 0 aromatic heterocycles. The van der Waals surface area contributed by atoms with Crippen molar-refractivity contribution < 1.29 is 5.11 Å². The van der Waals surface area contributed by atoms with Crippen LogP contribution in [-0.4, -0.2) is 18.4 Å². The van der Waals surface area contributed by atoms with Gasteiger partial charge < -0.3 is 0 Å². The molecule has 8 heavy (non-hydrogen) atoms. The molecule has 0 fully saturated rings. The zero-order valence-corrected chi connectivity index (χ0v) is 6.30. The average Bonchev–Trinajstić information content (AvgIpc) is 1.87. The number of hydrogen-bond acceptors (Lipinski definition) is 0. The van der Waals surface area contributed by atoms with Gasteiger partial charge in [-0.2, -0.15) is 0 Å². The topological polar surface area (TPSA) is 19.9 Å². The lowest BCUT2D eigenvalue weighted by atomic mass is 9.98. The first-order valence-electron chi connectivity index (χ1n) is 2.38. The van der Waals surface area contributed by atoms with Crippen molar-refractivity contribution in [2.24, 2.45) is 5.41 Å². The third-order valence-corrected chi connectivity index (χ3v) is 2.28. The van der Waals surface area contributed by atoms with Crippen molar-refractivity contribution in [3.8, 4) is 0 Å². The summed E-state index contributed by atoms with van der Waals surface area (Å²) < 4.78 is 0. The van der Waals surface area contributed by atoms with Gasteiger partial charge >= 0.3 is 0 Å². The maximum absolute atomic E-state index is 10.2. The second-order valence-electron chi connectivity index (χ2n) is 2.22. The smallest absolute Gasteiger partial charge is 0.0898 e. The molecule has 49 valence electrons. The van der Waals surface area contributed by atoms with Gasteiger partial charge in [0.25, 0.3) is 0 Å². The van der Waals surface area contributed by atoms with Gasteiger partial charge in [-0.25, -0.2) is 5.11 Å². The van der Waals surface area contributed by atoms with Gasteiger partial charge in [-0.3, -0.25) is 0 Å². The van der Waals surface area contributed by atoms with E-state index in [0.29, 0.717) is 11.8 Å². The molecule has 0 saturated carbocycles. The van der Waals surface area contributed by atoms with Crippen LogP contribution in [0.1, 0.15) is 6.92 Å². The lowest BCUT2D eigenvalue weighted by molar-refractivity contribution is 0.110. The number of rotatable bonds is 3. The van der Waals surface area contributed by atoms with Crippen molar-refractivity contribution in [2.45, 2.75) is 6.92 Å². The van der Waals surface area contributed by atoms with Crippen LogP contribution in [0.2, 0.25) is 0 Å². The molecule has 0 aliphatic rings. The molecule has 0 amide bonds. The number of halogens is 2. The third-order valence-electron chi connectivity index (χ3n) is 0.994. The van der Waals surface area contributed by atoms with Crippen LogP contribution in [0.25, 0.3) is 0 Å². The minimum atomic E-state index is -0.400. The monoisotopic (exact) mass is 155 g/mol. The van der Waals surface area contributed by atoms with Crippen LogP contribution in [0.5, 0.6) is 0 Å². The van der Waals surface area contributed by atoms with Crippen molar-refractivity contribution in [2.75, 3.05) is 18.4 Å². The first kappa shape index (κ1) is 8.54. The van der Waals surface area contributed by atoms with Crippen LogP contribution in [0, 0.1) is 5.41 Å². The van der Waals surface area contributed by atoms with Gasteiger partial charge in [0.15, 0.2) is 0 Å². The molecule has 1 nitrogen and oxygen atoms in total. The largest absolute Gasteiger partial charge is 0.236 e. The zero-order chi connectivity index (χ0) is 6.62. The molecule has 0 heterocycles. The van der Waals surface area contributed by atoms with Crippen molar-refractivity contribution in [1.82, 2.24) is 0 Å². The van der Waals surface area contributed by atoms with Gasteiger partial charge in [0.2, 0.25) is 0 Å². The minimum absolute atomic E-state index is 0.194. The molecule has 0 aliphatic heterocycles. The lowest BCUT2D eigenvalue weighted by Gasteiger charge is -2.18. The highest BCUT2D eigenvalue weighted by Gasteiger charge is 2.20. The second kappa shape index (κ2) is 3.54. The Balaban J connectivity index is 3.58. The summed E-state index contributed by atoms with van der Waals surface area (Å²) in [6.07, 6.45) is 0. The van der Waals surface area contributed by atoms with Crippen LogP contribution < -0.4 is 0 Å². The molecular weight excluding hydrogens is 147 g/mol.